The molecule has 0 saturated heterocycles. The number of hydrogen-bond acceptors (Lipinski definition) is 5. The van der Waals surface area contributed by atoms with Crippen molar-refractivity contribution in [3.63, 3.8) is 0 Å². The third kappa shape index (κ3) is 9.04. The van der Waals surface area contributed by atoms with Crippen LogP contribution >= 0.6 is 0 Å². The van der Waals surface area contributed by atoms with Crippen LogP contribution in [-0.2, 0) is 13.7 Å². The van der Waals surface area contributed by atoms with Crippen molar-refractivity contribution in [2.45, 2.75) is 60.8 Å². The quantitative estimate of drug-likeness (QED) is 0.281. The summed E-state index contributed by atoms with van der Waals surface area (Å²) in [7, 11) is -5.66. The summed E-state index contributed by atoms with van der Waals surface area (Å²) >= 11 is 0. The highest BCUT2D eigenvalue weighted by molar-refractivity contribution is 7.11. The molecule has 0 aliphatic rings. The van der Waals surface area contributed by atoms with Crippen LogP contribution in [0.15, 0.2) is 53.6 Å². The fraction of sp³-hybridized carbons (Fsp3) is 0.379. The molecule has 0 saturated carbocycles. The van der Waals surface area contributed by atoms with E-state index in [1.165, 1.54) is 11.1 Å². The standard InChI is InChI=1S/C29H40O5Si2/c1-21(2)16-24-10-13-26(14-11-24)32-19-28(30)35(6,7)34-36(8,9)29(31)20-33-27-15-12-25(17-22(3)4)18-23(27)5/h10-18H,19-20H2,1-9H3. The van der Waals surface area contributed by atoms with Crippen molar-refractivity contribution < 1.29 is 23.2 Å². The molecule has 0 spiro atoms. The number of rotatable bonds is 12. The van der Waals surface area contributed by atoms with Crippen molar-refractivity contribution >= 4 is 39.6 Å². The van der Waals surface area contributed by atoms with Gasteiger partial charge in [-0.15, -0.1) is 0 Å². The Hall–Kier alpha value is -2.75. The molecule has 2 aromatic carbocycles. The first-order valence-corrected chi connectivity index (χ1v) is 18.0. The number of aryl methyl sites for hydroxylation is 1. The third-order valence-electron chi connectivity index (χ3n) is 5.57. The summed E-state index contributed by atoms with van der Waals surface area (Å²) in [5, 5.41) is -0.171. The average Bonchev–Trinajstić information content (AvgIpc) is 2.76. The van der Waals surface area contributed by atoms with Crippen LogP contribution in [0.2, 0.25) is 26.2 Å². The fourth-order valence-corrected chi connectivity index (χ4v) is 10.5. The van der Waals surface area contributed by atoms with Gasteiger partial charge in [-0.2, -0.15) is 0 Å². The minimum atomic E-state index is -2.83. The number of benzene rings is 2. The van der Waals surface area contributed by atoms with Crippen molar-refractivity contribution in [2.24, 2.45) is 0 Å². The van der Waals surface area contributed by atoms with Gasteiger partial charge in [0.25, 0.3) is 16.6 Å². The highest BCUT2D eigenvalue weighted by atomic mass is 28.4. The summed E-state index contributed by atoms with van der Waals surface area (Å²) in [5.74, 6) is 1.31. The molecule has 0 heterocycles. The second-order valence-corrected chi connectivity index (χ2v) is 18.6. The molecule has 36 heavy (non-hydrogen) atoms. The summed E-state index contributed by atoms with van der Waals surface area (Å²) in [6, 6.07) is 13.5. The highest BCUT2D eigenvalue weighted by Crippen LogP contribution is 2.23. The highest BCUT2D eigenvalue weighted by Gasteiger charge is 2.43. The molecule has 0 aromatic heterocycles. The molecular formula is C29H40O5Si2. The van der Waals surface area contributed by atoms with E-state index in [1.807, 2.05) is 89.4 Å². The third-order valence-corrected chi connectivity index (χ3v) is 12.6. The Labute approximate surface area is 218 Å². The maximum absolute atomic E-state index is 13.0. The topological polar surface area (TPSA) is 61.8 Å². The van der Waals surface area contributed by atoms with Crippen LogP contribution in [0.25, 0.3) is 12.2 Å². The molecule has 0 fully saturated rings. The average molecular weight is 525 g/mol. The van der Waals surface area contributed by atoms with E-state index in [2.05, 4.69) is 26.0 Å². The van der Waals surface area contributed by atoms with Crippen molar-refractivity contribution in [3.05, 3.63) is 70.3 Å². The Bertz CT molecular complexity index is 1140. The normalized spacial score (nSPS) is 11.5. The molecule has 2 aromatic rings. The van der Waals surface area contributed by atoms with E-state index < -0.39 is 16.6 Å². The van der Waals surface area contributed by atoms with Gasteiger partial charge in [0.05, 0.1) is 0 Å². The molecule has 0 amide bonds. The zero-order valence-corrected chi connectivity index (χ0v) is 25.2. The molecule has 5 nitrogen and oxygen atoms in total. The van der Waals surface area contributed by atoms with Gasteiger partial charge in [-0.1, -0.05) is 41.5 Å². The van der Waals surface area contributed by atoms with Gasteiger partial charge in [-0.25, -0.2) is 0 Å². The van der Waals surface area contributed by atoms with Gasteiger partial charge in [0, 0.05) is 0 Å². The Morgan fingerprint density at radius 3 is 1.69 bits per heavy atom. The van der Waals surface area contributed by atoms with E-state index in [1.54, 1.807) is 0 Å². The van der Waals surface area contributed by atoms with Gasteiger partial charge in [-0.3, -0.25) is 9.59 Å². The summed E-state index contributed by atoms with van der Waals surface area (Å²) in [6.45, 7) is 17.3. The molecule has 0 atom stereocenters. The molecule has 0 aliphatic heterocycles. The Kier molecular flexibility index (Phi) is 10.2. The molecular weight excluding hydrogens is 484 g/mol. The lowest BCUT2D eigenvalue weighted by molar-refractivity contribution is -0.115. The second-order valence-electron chi connectivity index (χ2n) is 10.6. The van der Waals surface area contributed by atoms with Crippen molar-refractivity contribution in [1.29, 1.82) is 0 Å². The number of allylic oxidation sites excluding steroid dienone is 2. The SMILES string of the molecule is CC(C)=Cc1ccc(OCC(=O)[Si](C)(C)O[Si](C)(C)C(=O)COc2ccc(C=C(C)C)cc2C)cc1. The minimum absolute atomic E-state index is 0.0742. The molecule has 0 bridgehead atoms. The summed E-state index contributed by atoms with van der Waals surface area (Å²) in [6.07, 6.45) is 4.17. The predicted octanol–water partition coefficient (Wildman–Crippen LogP) is 6.94. The van der Waals surface area contributed by atoms with Crippen molar-refractivity contribution in [3.8, 4) is 11.5 Å². The lowest BCUT2D eigenvalue weighted by Gasteiger charge is -2.31. The van der Waals surface area contributed by atoms with Gasteiger partial charge in [0.15, 0.2) is 10.8 Å². The smallest absolute Gasteiger partial charge is 0.253 e. The van der Waals surface area contributed by atoms with Crippen molar-refractivity contribution in [1.82, 2.24) is 0 Å². The number of carbonyl (C=O) groups excluding carboxylic acids is 2. The Balaban J connectivity index is 1.95. The van der Waals surface area contributed by atoms with Crippen LogP contribution in [0.5, 0.6) is 11.5 Å². The number of ether oxygens (including phenoxy) is 2. The van der Waals surface area contributed by atoms with Crippen molar-refractivity contribution in [2.75, 3.05) is 13.2 Å². The molecule has 0 aliphatic carbocycles. The Morgan fingerprint density at radius 1 is 0.722 bits per heavy atom. The first kappa shape index (κ1) is 29.5. The maximum Gasteiger partial charge on any atom is 0.253 e. The van der Waals surface area contributed by atoms with E-state index in [4.69, 9.17) is 13.6 Å². The van der Waals surface area contributed by atoms with Crippen LogP contribution in [0.3, 0.4) is 0 Å². The van der Waals surface area contributed by atoms with E-state index in [-0.39, 0.29) is 24.0 Å². The van der Waals surface area contributed by atoms with E-state index in [0.29, 0.717) is 11.5 Å². The van der Waals surface area contributed by atoms with Gasteiger partial charge in [0.2, 0.25) is 0 Å². The zero-order chi connectivity index (χ0) is 27.1. The monoisotopic (exact) mass is 524 g/mol. The summed E-state index contributed by atoms with van der Waals surface area (Å²) < 4.78 is 17.9. The number of carbonyl (C=O) groups is 2. The van der Waals surface area contributed by atoms with Crippen LogP contribution in [-0.4, -0.2) is 40.7 Å². The first-order valence-electron chi connectivity index (χ1n) is 12.2. The van der Waals surface area contributed by atoms with E-state index in [9.17, 15) is 9.59 Å². The molecule has 2 rings (SSSR count). The predicted molar refractivity (Wildman–Crippen MR) is 153 cm³/mol. The lowest BCUT2D eigenvalue weighted by Crippen LogP contribution is -2.56. The number of hydrogen-bond donors (Lipinski definition) is 0. The summed E-state index contributed by atoms with van der Waals surface area (Å²) in [4.78, 5) is 26.0. The second kappa shape index (κ2) is 12.5. The Morgan fingerprint density at radius 2 is 1.19 bits per heavy atom. The fourth-order valence-electron chi connectivity index (χ4n) is 3.64. The largest absolute Gasteiger partial charge is 0.486 e. The lowest BCUT2D eigenvalue weighted by atomic mass is 10.1. The zero-order valence-electron chi connectivity index (χ0n) is 23.2. The van der Waals surface area contributed by atoms with Crippen LogP contribution in [0.1, 0.15) is 44.4 Å². The molecule has 0 unspecified atom stereocenters. The maximum atomic E-state index is 13.0. The molecule has 0 radical (unpaired) electrons. The molecule has 0 N–H and O–H groups in total. The van der Waals surface area contributed by atoms with Crippen LogP contribution in [0.4, 0.5) is 0 Å². The molecule has 194 valence electrons. The van der Waals surface area contributed by atoms with Gasteiger partial charge < -0.3 is 13.6 Å². The van der Waals surface area contributed by atoms with E-state index >= 15 is 0 Å². The summed E-state index contributed by atoms with van der Waals surface area (Å²) in [5.41, 5.74) is 5.57. The van der Waals surface area contributed by atoms with Gasteiger partial charge >= 0.3 is 0 Å². The van der Waals surface area contributed by atoms with Crippen LogP contribution in [0, 0.1) is 6.92 Å². The van der Waals surface area contributed by atoms with Gasteiger partial charge in [-0.05, 0) is 102 Å². The van der Waals surface area contributed by atoms with Gasteiger partial charge in [0.1, 0.15) is 24.7 Å². The van der Waals surface area contributed by atoms with Crippen LogP contribution < -0.4 is 9.47 Å². The minimum Gasteiger partial charge on any atom is -0.486 e. The van der Waals surface area contributed by atoms with E-state index in [0.717, 1.165) is 16.7 Å². The molecule has 7 heteroatoms. The first-order chi connectivity index (χ1) is 16.7.